The van der Waals surface area contributed by atoms with E-state index >= 15 is 0 Å². The fraction of sp³-hybridized carbons (Fsp3) is 0.464. The van der Waals surface area contributed by atoms with Gasteiger partial charge in [0.1, 0.15) is 11.8 Å². The number of aromatic nitrogens is 2. The van der Waals surface area contributed by atoms with Gasteiger partial charge in [-0.15, -0.1) is 0 Å². The van der Waals surface area contributed by atoms with Crippen LogP contribution in [0.5, 0.6) is 5.75 Å². The standard InChI is InChI=1S/C28H33N5O4S/c1-18(2)36-26-10-7-20(15-21(26)16-29)28-30-27(31-37-28)24-6-4-5-23-22(24)8-9-25(23)32-38(34,35)14-13-33-12-11-19(3)17-33/h4-7,10,15,18-19,25,32H,8-9,11-14,17H2,1-3H3/t19-,25-/m0/s1. The monoisotopic (exact) mass is 535 g/mol. The molecule has 1 aliphatic heterocycles. The molecule has 0 spiro atoms. The molecule has 2 aliphatic rings. The fourth-order valence-electron chi connectivity index (χ4n) is 5.30. The van der Waals surface area contributed by atoms with Crippen LogP contribution in [-0.2, 0) is 16.4 Å². The Morgan fingerprint density at radius 1 is 1.26 bits per heavy atom. The van der Waals surface area contributed by atoms with Gasteiger partial charge in [0.2, 0.25) is 15.8 Å². The number of hydrogen-bond acceptors (Lipinski definition) is 8. The lowest BCUT2D eigenvalue weighted by Gasteiger charge is -2.18. The van der Waals surface area contributed by atoms with Gasteiger partial charge in [-0.3, -0.25) is 0 Å². The van der Waals surface area contributed by atoms with Crippen molar-refractivity contribution in [2.75, 3.05) is 25.4 Å². The van der Waals surface area contributed by atoms with Gasteiger partial charge in [-0.25, -0.2) is 13.1 Å². The summed E-state index contributed by atoms with van der Waals surface area (Å²) >= 11 is 0. The molecule has 0 amide bonds. The first kappa shape index (κ1) is 26.4. The van der Waals surface area contributed by atoms with E-state index in [2.05, 4.69) is 32.8 Å². The average Bonchev–Trinajstić information content (AvgIpc) is 3.63. The molecule has 200 valence electrons. The molecular formula is C28H33N5O4S. The summed E-state index contributed by atoms with van der Waals surface area (Å²) in [5, 5.41) is 13.7. The number of fused-ring (bicyclic) bond motifs is 1. The number of ether oxygens (including phenoxy) is 1. The van der Waals surface area contributed by atoms with Gasteiger partial charge in [0.15, 0.2) is 0 Å². The number of nitrogens with zero attached hydrogens (tertiary/aromatic N) is 4. The number of sulfonamides is 1. The number of rotatable bonds is 9. The van der Waals surface area contributed by atoms with Crippen molar-refractivity contribution in [2.45, 2.75) is 52.2 Å². The summed E-state index contributed by atoms with van der Waals surface area (Å²) in [4.78, 5) is 6.83. The minimum Gasteiger partial charge on any atom is -0.490 e. The molecule has 1 aliphatic carbocycles. The zero-order chi connectivity index (χ0) is 26.9. The Morgan fingerprint density at radius 3 is 2.84 bits per heavy atom. The Bertz CT molecular complexity index is 1460. The van der Waals surface area contributed by atoms with Crippen LogP contribution in [0.15, 0.2) is 40.9 Å². The first-order valence-corrected chi connectivity index (χ1v) is 14.8. The number of nitrogens with one attached hydrogen (secondary N) is 1. The summed E-state index contributed by atoms with van der Waals surface area (Å²) in [5.74, 6) is 1.98. The van der Waals surface area contributed by atoms with Gasteiger partial charge in [-0.2, -0.15) is 10.2 Å². The van der Waals surface area contributed by atoms with Crippen molar-refractivity contribution in [1.82, 2.24) is 19.8 Å². The van der Waals surface area contributed by atoms with Gasteiger partial charge < -0.3 is 14.2 Å². The predicted octanol–water partition coefficient (Wildman–Crippen LogP) is 4.31. The van der Waals surface area contributed by atoms with Crippen LogP contribution in [0, 0.1) is 17.2 Å². The summed E-state index contributed by atoms with van der Waals surface area (Å²) in [6.45, 7) is 8.50. The van der Waals surface area contributed by atoms with E-state index in [0.717, 1.165) is 36.2 Å². The maximum atomic E-state index is 12.9. The highest BCUT2D eigenvalue weighted by atomic mass is 32.2. The van der Waals surface area contributed by atoms with Crippen LogP contribution in [0.3, 0.4) is 0 Å². The second-order valence-corrected chi connectivity index (χ2v) is 12.4. The smallest absolute Gasteiger partial charge is 0.258 e. The van der Waals surface area contributed by atoms with E-state index in [1.807, 2.05) is 32.0 Å². The fourth-order valence-corrected chi connectivity index (χ4v) is 6.59. The highest BCUT2D eigenvalue weighted by molar-refractivity contribution is 7.89. The molecule has 5 rings (SSSR count). The van der Waals surface area contributed by atoms with E-state index in [9.17, 15) is 13.7 Å². The van der Waals surface area contributed by atoms with E-state index in [4.69, 9.17) is 9.26 Å². The maximum absolute atomic E-state index is 12.9. The normalized spacial score (nSPS) is 19.6. The zero-order valence-electron chi connectivity index (χ0n) is 22.0. The molecule has 2 atom stereocenters. The van der Waals surface area contributed by atoms with E-state index in [1.54, 1.807) is 18.2 Å². The number of hydrogen-bond donors (Lipinski definition) is 1. The maximum Gasteiger partial charge on any atom is 0.258 e. The molecule has 3 aromatic rings. The Kier molecular flexibility index (Phi) is 7.52. The third-order valence-electron chi connectivity index (χ3n) is 7.15. The van der Waals surface area contributed by atoms with Crippen molar-refractivity contribution in [2.24, 2.45) is 5.92 Å². The second kappa shape index (κ2) is 10.8. The highest BCUT2D eigenvalue weighted by Gasteiger charge is 2.30. The van der Waals surface area contributed by atoms with Gasteiger partial charge in [0, 0.05) is 30.3 Å². The summed E-state index contributed by atoms with van der Waals surface area (Å²) in [6, 6.07) is 12.9. The Hall–Kier alpha value is -3.26. The molecule has 0 saturated carbocycles. The van der Waals surface area contributed by atoms with Crippen LogP contribution in [0.1, 0.15) is 56.3 Å². The molecular weight excluding hydrogens is 502 g/mol. The number of nitriles is 1. The highest BCUT2D eigenvalue weighted by Crippen LogP contribution is 2.38. The van der Waals surface area contributed by atoms with Gasteiger partial charge in [0.05, 0.1) is 17.4 Å². The first-order chi connectivity index (χ1) is 18.2. The Morgan fingerprint density at radius 2 is 2.11 bits per heavy atom. The molecule has 0 bridgehead atoms. The quantitative estimate of drug-likeness (QED) is 0.430. The van der Waals surface area contributed by atoms with Crippen molar-refractivity contribution < 1.29 is 17.7 Å². The molecule has 1 saturated heterocycles. The van der Waals surface area contributed by atoms with Crippen LogP contribution < -0.4 is 9.46 Å². The molecule has 2 heterocycles. The van der Waals surface area contributed by atoms with Crippen LogP contribution >= 0.6 is 0 Å². The summed E-state index contributed by atoms with van der Waals surface area (Å²) in [6.07, 6.45) is 2.47. The van der Waals surface area contributed by atoms with Crippen molar-refractivity contribution in [3.63, 3.8) is 0 Å². The van der Waals surface area contributed by atoms with Crippen molar-refractivity contribution in [1.29, 1.82) is 5.26 Å². The molecule has 2 aromatic carbocycles. The first-order valence-electron chi connectivity index (χ1n) is 13.1. The van der Waals surface area contributed by atoms with Gasteiger partial charge in [-0.1, -0.05) is 30.3 Å². The minimum absolute atomic E-state index is 0.0506. The Labute approximate surface area is 223 Å². The lowest BCUT2D eigenvalue weighted by atomic mass is 10.0. The summed E-state index contributed by atoms with van der Waals surface area (Å²) in [7, 11) is -3.42. The van der Waals surface area contributed by atoms with E-state index in [-0.39, 0.29) is 17.9 Å². The van der Waals surface area contributed by atoms with Crippen molar-refractivity contribution >= 4 is 10.0 Å². The van der Waals surface area contributed by atoms with E-state index in [1.165, 1.54) is 0 Å². The number of likely N-dealkylation sites (tertiary alicyclic amines) is 1. The molecule has 0 radical (unpaired) electrons. The third-order valence-corrected chi connectivity index (χ3v) is 8.52. The summed E-state index contributed by atoms with van der Waals surface area (Å²) < 4.78 is 39.9. The molecule has 10 heteroatoms. The largest absolute Gasteiger partial charge is 0.490 e. The molecule has 1 aromatic heterocycles. The average molecular weight is 536 g/mol. The third kappa shape index (κ3) is 5.75. The van der Waals surface area contributed by atoms with Gasteiger partial charge in [-0.05, 0) is 74.9 Å². The topological polar surface area (TPSA) is 121 Å². The lowest BCUT2D eigenvalue weighted by molar-refractivity contribution is 0.241. The predicted molar refractivity (Wildman–Crippen MR) is 144 cm³/mol. The van der Waals surface area contributed by atoms with Gasteiger partial charge >= 0.3 is 0 Å². The van der Waals surface area contributed by atoms with Crippen LogP contribution in [0.2, 0.25) is 0 Å². The van der Waals surface area contributed by atoms with Crippen LogP contribution in [-0.4, -0.2) is 54.9 Å². The number of benzene rings is 2. The molecule has 9 nitrogen and oxygen atoms in total. The Balaban J connectivity index is 1.32. The van der Waals surface area contributed by atoms with E-state index < -0.39 is 10.0 Å². The molecule has 38 heavy (non-hydrogen) atoms. The molecule has 1 fully saturated rings. The van der Waals surface area contributed by atoms with Crippen LogP contribution in [0.25, 0.3) is 22.8 Å². The SMILES string of the molecule is CC(C)Oc1ccc(-c2nc(-c3cccc4c3CC[C@@H]4NS(=O)(=O)CCN3CC[C@H](C)C3)no2)cc1C#N. The lowest BCUT2D eigenvalue weighted by Crippen LogP contribution is -2.35. The van der Waals surface area contributed by atoms with Gasteiger partial charge in [0.25, 0.3) is 5.89 Å². The summed E-state index contributed by atoms with van der Waals surface area (Å²) in [5.41, 5.74) is 3.83. The van der Waals surface area contributed by atoms with E-state index in [0.29, 0.717) is 53.9 Å². The van der Waals surface area contributed by atoms with Crippen molar-refractivity contribution in [3.8, 4) is 34.7 Å². The van der Waals surface area contributed by atoms with Crippen LogP contribution in [0.4, 0.5) is 0 Å². The zero-order valence-corrected chi connectivity index (χ0v) is 22.8. The molecule has 1 N–H and O–H groups in total. The minimum atomic E-state index is -3.42. The molecule has 0 unspecified atom stereocenters. The second-order valence-electron chi connectivity index (χ2n) is 10.5. The van der Waals surface area contributed by atoms with Crippen molar-refractivity contribution in [3.05, 3.63) is 53.1 Å².